The van der Waals surface area contributed by atoms with Crippen LogP contribution in [0, 0.1) is 5.92 Å². The molecule has 0 aliphatic carbocycles. The summed E-state index contributed by atoms with van der Waals surface area (Å²) in [4.78, 5) is 15.0. The molecule has 5 atom stereocenters. The van der Waals surface area contributed by atoms with E-state index in [1.165, 1.54) is 0 Å². The van der Waals surface area contributed by atoms with Gasteiger partial charge in [0.05, 0.1) is 25.4 Å². The molecule has 48 heavy (non-hydrogen) atoms. The van der Waals surface area contributed by atoms with Crippen LogP contribution in [0.25, 0.3) is 11.1 Å². The van der Waals surface area contributed by atoms with E-state index in [1.54, 1.807) is 7.11 Å². The Hall–Kier alpha value is -4.05. The Labute approximate surface area is 284 Å². The summed E-state index contributed by atoms with van der Waals surface area (Å²) >= 11 is 0. The molecule has 2 saturated heterocycles. The van der Waals surface area contributed by atoms with Crippen LogP contribution < -0.4 is 10.6 Å². The molecule has 2 aliphatic rings. The first-order chi connectivity index (χ1) is 23.5. The van der Waals surface area contributed by atoms with E-state index in [9.17, 15) is 9.90 Å². The first-order valence-corrected chi connectivity index (χ1v) is 17.0. The van der Waals surface area contributed by atoms with Gasteiger partial charge in [0.15, 0.2) is 6.29 Å². The number of aliphatic hydroxyl groups is 1. The van der Waals surface area contributed by atoms with E-state index >= 15 is 0 Å². The Morgan fingerprint density at radius 2 is 1.54 bits per heavy atom. The SMILES string of the molecule is COC[C@@H]1CCCN1C[C@H]1O[C@@H](c2cccc(-c3cccc(CNC(=O)NCc4ccccc4)c3)c2)O[C@@H](c2ccc(CO)cc2)[C@H]1C. The molecule has 0 radical (unpaired) electrons. The summed E-state index contributed by atoms with van der Waals surface area (Å²) in [5.41, 5.74) is 7.08. The molecular weight excluding hydrogens is 602 g/mol. The smallest absolute Gasteiger partial charge is 0.315 e. The molecular formula is C40H47N3O5. The minimum absolute atomic E-state index is 0.0110. The van der Waals surface area contributed by atoms with Gasteiger partial charge in [-0.25, -0.2) is 4.79 Å². The van der Waals surface area contributed by atoms with Gasteiger partial charge in [-0.05, 0) is 64.9 Å². The fraction of sp³-hybridized carbons (Fsp3) is 0.375. The Kier molecular flexibility index (Phi) is 11.5. The second-order valence-electron chi connectivity index (χ2n) is 12.9. The number of carbonyl (C=O) groups is 1. The minimum atomic E-state index is -0.546. The average molecular weight is 650 g/mol. The number of rotatable bonds is 12. The molecule has 0 unspecified atom stereocenters. The van der Waals surface area contributed by atoms with Gasteiger partial charge in [0.2, 0.25) is 0 Å². The Morgan fingerprint density at radius 1 is 0.833 bits per heavy atom. The minimum Gasteiger partial charge on any atom is -0.392 e. The third-order valence-electron chi connectivity index (χ3n) is 9.56. The maximum atomic E-state index is 12.5. The number of urea groups is 1. The van der Waals surface area contributed by atoms with Crippen molar-refractivity contribution in [2.75, 3.05) is 26.8 Å². The van der Waals surface area contributed by atoms with Crippen molar-refractivity contribution in [2.45, 2.75) is 64.0 Å². The normalized spacial score (nSPS) is 22.8. The van der Waals surface area contributed by atoms with Gasteiger partial charge < -0.3 is 30.0 Å². The van der Waals surface area contributed by atoms with E-state index in [0.717, 1.165) is 71.5 Å². The van der Waals surface area contributed by atoms with Crippen LogP contribution in [-0.2, 0) is 33.9 Å². The Morgan fingerprint density at radius 3 is 2.29 bits per heavy atom. The maximum absolute atomic E-state index is 12.5. The summed E-state index contributed by atoms with van der Waals surface area (Å²) in [5, 5.41) is 15.5. The summed E-state index contributed by atoms with van der Waals surface area (Å²) < 4.78 is 19.1. The van der Waals surface area contributed by atoms with Gasteiger partial charge in [0.1, 0.15) is 0 Å². The fourth-order valence-electron chi connectivity index (χ4n) is 6.82. The molecule has 2 heterocycles. The molecule has 3 N–H and O–H groups in total. The summed E-state index contributed by atoms with van der Waals surface area (Å²) in [7, 11) is 1.77. The molecule has 2 aliphatic heterocycles. The Balaban J connectivity index is 1.18. The van der Waals surface area contributed by atoms with E-state index in [1.807, 2.05) is 60.7 Å². The van der Waals surface area contributed by atoms with Crippen LogP contribution in [0.4, 0.5) is 4.79 Å². The van der Waals surface area contributed by atoms with Crippen molar-refractivity contribution in [2.24, 2.45) is 5.92 Å². The molecule has 8 heteroatoms. The summed E-state index contributed by atoms with van der Waals surface area (Å²) in [6.45, 7) is 5.69. The predicted molar refractivity (Wildman–Crippen MR) is 187 cm³/mol. The number of likely N-dealkylation sites (tertiary alicyclic amines) is 1. The first kappa shape index (κ1) is 33.8. The van der Waals surface area contributed by atoms with E-state index in [0.29, 0.717) is 19.1 Å². The molecule has 0 bridgehead atoms. The number of hydrogen-bond acceptors (Lipinski definition) is 6. The van der Waals surface area contributed by atoms with Crippen LogP contribution >= 0.6 is 0 Å². The lowest BCUT2D eigenvalue weighted by molar-refractivity contribution is -0.276. The molecule has 8 nitrogen and oxygen atoms in total. The van der Waals surface area contributed by atoms with Crippen LogP contribution in [-0.4, -0.2) is 55.0 Å². The summed E-state index contributed by atoms with van der Waals surface area (Å²) in [6, 6.07) is 34.7. The molecule has 4 aromatic rings. The van der Waals surface area contributed by atoms with Gasteiger partial charge in [-0.1, -0.05) is 97.9 Å². The number of carbonyl (C=O) groups excluding carboxylic acids is 1. The van der Waals surface area contributed by atoms with Gasteiger partial charge in [0.25, 0.3) is 0 Å². The zero-order valence-corrected chi connectivity index (χ0v) is 27.9. The largest absolute Gasteiger partial charge is 0.392 e. The van der Waals surface area contributed by atoms with Crippen molar-refractivity contribution in [3.05, 3.63) is 131 Å². The lowest BCUT2D eigenvalue weighted by atomic mass is 9.89. The topological polar surface area (TPSA) is 92.3 Å². The van der Waals surface area contributed by atoms with Gasteiger partial charge in [-0.15, -0.1) is 0 Å². The zero-order chi connectivity index (χ0) is 33.3. The molecule has 2 amide bonds. The van der Waals surface area contributed by atoms with E-state index in [4.69, 9.17) is 14.2 Å². The first-order valence-electron chi connectivity index (χ1n) is 17.0. The molecule has 6 rings (SSSR count). The monoisotopic (exact) mass is 649 g/mol. The lowest BCUT2D eigenvalue weighted by Gasteiger charge is -2.43. The number of methoxy groups -OCH3 is 1. The highest BCUT2D eigenvalue weighted by atomic mass is 16.7. The van der Waals surface area contributed by atoms with Crippen LogP contribution in [0.2, 0.25) is 0 Å². The fourth-order valence-corrected chi connectivity index (χ4v) is 6.82. The van der Waals surface area contributed by atoms with Gasteiger partial charge in [0, 0.05) is 44.3 Å². The van der Waals surface area contributed by atoms with Gasteiger partial charge in [-0.2, -0.15) is 0 Å². The maximum Gasteiger partial charge on any atom is 0.315 e. The Bertz CT molecular complexity index is 1610. The van der Waals surface area contributed by atoms with Crippen molar-refractivity contribution < 1.29 is 24.1 Å². The van der Waals surface area contributed by atoms with Crippen molar-refractivity contribution in [1.29, 1.82) is 0 Å². The van der Waals surface area contributed by atoms with Crippen LogP contribution in [0.1, 0.15) is 60.0 Å². The second-order valence-corrected chi connectivity index (χ2v) is 12.9. The average Bonchev–Trinajstić information content (AvgIpc) is 3.57. The lowest BCUT2D eigenvalue weighted by Crippen LogP contribution is -2.46. The zero-order valence-electron chi connectivity index (χ0n) is 27.9. The number of nitrogens with zero attached hydrogens (tertiary/aromatic N) is 1. The number of hydrogen-bond donors (Lipinski definition) is 3. The number of nitrogens with one attached hydrogen (secondary N) is 2. The van der Waals surface area contributed by atoms with Crippen molar-refractivity contribution >= 4 is 6.03 Å². The summed E-state index contributed by atoms with van der Waals surface area (Å²) in [5.74, 6) is 0.113. The van der Waals surface area contributed by atoms with Crippen LogP contribution in [0.3, 0.4) is 0 Å². The molecule has 252 valence electrons. The third kappa shape index (κ3) is 8.50. The molecule has 0 saturated carbocycles. The van der Waals surface area contributed by atoms with Gasteiger partial charge in [-0.3, -0.25) is 4.90 Å². The van der Waals surface area contributed by atoms with Crippen LogP contribution in [0.5, 0.6) is 0 Å². The second kappa shape index (κ2) is 16.4. The van der Waals surface area contributed by atoms with Crippen molar-refractivity contribution in [3.8, 4) is 11.1 Å². The van der Waals surface area contributed by atoms with E-state index in [2.05, 4.69) is 64.9 Å². The number of ether oxygens (including phenoxy) is 3. The standard InChI is InChI=1S/C40H47N3O5/c1-28-37(25-43-20-8-15-36(43)27-46-2)47-39(48-38(28)32-18-16-30(26-44)17-19-32)35-14-7-13-34(22-35)33-12-6-11-31(21-33)24-42-40(45)41-23-29-9-4-3-5-10-29/h3-7,9-14,16-19,21-22,28,36-39,44H,8,15,20,23-27H2,1-2H3,(H2,41,42,45)/t28-,36-,37+,38+,39+/m0/s1. The van der Waals surface area contributed by atoms with E-state index < -0.39 is 6.29 Å². The highest BCUT2D eigenvalue weighted by Crippen LogP contribution is 2.43. The van der Waals surface area contributed by atoms with E-state index in [-0.39, 0.29) is 30.8 Å². The highest BCUT2D eigenvalue weighted by Gasteiger charge is 2.40. The molecule has 4 aromatic carbocycles. The third-order valence-corrected chi connectivity index (χ3v) is 9.56. The number of aliphatic hydroxyl groups excluding tert-OH is 1. The van der Waals surface area contributed by atoms with Gasteiger partial charge >= 0.3 is 6.03 Å². The number of amides is 2. The quantitative estimate of drug-likeness (QED) is 0.157. The van der Waals surface area contributed by atoms with Crippen molar-refractivity contribution in [1.82, 2.24) is 15.5 Å². The van der Waals surface area contributed by atoms with Crippen LogP contribution in [0.15, 0.2) is 103 Å². The predicted octanol–water partition coefficient (Wildman–Crippen LogP) is 6.75. The molecule has 2 fully saturated rings. The van der Waals surface area contributed by atoms with Crippen molar-refractivity contribution in [3.63, 3.8) is 0 Å². The highest BCUT2D eigenvalue weighted by molar-refractivity contribution is 5.74. The number of benzene rings is 4. The summed E-state index contributed by atoms with van der Waals surface area (Å²) in [6.07, 6.45) is 1.53. The molecule has 0 aromatic heterocycles. The molecule has 0 spiro atoms.